The molecular weight excluding hydrogens is 332 g/mol. The molecule has 0 aromatic heterocycles. The van der Waals surface area contributed by atoms with Crippen molar-refractivity contribution in [2.24, 2.45) is 0 Å². The number of anilines is 2. The molecule has 0 saturated heterocycles. The summed E-state index contributed by atoms with van der Waals surface area (Å²) < 4.78 is 1.87. The van der Waals surface area contributed by atoms with E-state index in [0.29, 0.717) is 11.4 Å². The second kappa shape index (κ2) is 4.47. The van der Waals surface area contributed by atoms with E-state index in [1.165, 1.54) is 0 Å². The molecule has 0 saturated carbocycles. The zero-order chi connectivity index (χ0) is 11.7. The molecule has 0 radical (unpaired) electrons. The van der Waals surface area contributed by atoms with E-state index >= 15 is 0 Å². The molecule has 0 heterocycles. The van der Waals surface area contributed by atoms with Gasteiger partial charge in [0.1, 0.15) is 0 Å². The first kappa shape index (κ1) is 11.5. The molecule has 2 rings (SSSR count). The number of benzene rings is 2. The number of rotatable bonds is 1. The fourth-order valence-corrected chi connectivity index (χ4v) is 2.77. The summed E-state index contributed by atoms with van der Waals surface area (Å²) in [4.78, 5) is 0. The van der Waals surface area contributed by atoms with Crippen LogP contribution in [0.3, 0.4) is 0 Å². The Kier molecular flexibility index (Phi) is 3.21. The van der Waals surface area contributed by atoms with Gasteiger partial charge >= 0.3 is 0 Å². The highest BCUT2D eigenvalue weighted by molar-refractivity contribution is 9.11. The number of hydrogen-bond donors (Lipinski definition) is 2. The Balaban J connectivity index is 2.77. The molecule has 0 fully saturated rings. The van der Waals surface area contributed by atoms with Crippen molar-refractivity contribution in [2.45, 2.75) is 0 Å². The van der Waals surface area contributed by atoms with Crippen molar-refractivity contribution in [3.63, 3.8) is 0 Å². The van der Waals surface area contributed by atoms with Crippen molar-refractivity contribution in [3.05, 3.63) is 45.3 Å². The fourth-order valence-electron chi connectivity index (χ4n) is 1.61. The van der Waals surface area contributed by atoms with Gasteiger partial charge in [0.15, 0.2) is 0 Å². The molecule has 0 aliphatic heterocycles. The molecule has 4 N–H and O–H groups in total. The van der Waals surface area contributed by atoms with Gasteiger partial charge < -0.3 is 11.5 Å². The largest absolute Gasteiger partial charge is 0.398 e. The van der Waals surface area contributed by atoms with Crippen LogP contribution in [0.15, 0.2) is 45.3 Å². The Morgan fingerprint density at radius 3 is 1.38 bits per heavy atom. The third kappa shape index (κ3) is 1.95. The molecule has 0 aliphatic rings. The molecule has 16 heavy (non-hydrogen) atoms. The van der Waals surface area contributed by atoms with Gasteiger partial charge in [-0.15, -0.1) is 0 Å². The van der Waals surface area contributed by atoms with E-state index in [2.05, 4.69) is 31.9 Å². The molecule has 0 atom stereocenters. The quantitative estimate of drug-likeness (QED) is 0.769. The highest BCUT2D eigenvalue weighted by Crippen LogP contribution is 2.40. The van der Waals surface area contributed by atoms with Crippen LogP contribution in [0.4, 0.5) is 11.4 Å². The highest BCUT2D eigenvalue weighted by Gasteiger charge is 2.12. The van der Waals surface area contributed by atoms with Crippen LogP contribution < -0.4 is 11.5 Å². The molecule has 2 aromatic rings. The van der Waals surface area contributed by atoms with Crippen LogP contribution >= 0.6 is 31.9 Å². The maximum absolute atomic E-state index is 5.98. The third-order valence-electron chi connectivity index (χ3n) is 2.34. The van der Waals surface area contributed by atoms with Crippen molar-refractivity contribution < 1.29 is 0 Å². The highest BCUT2D eigenvalue weighted by atomic mass is 79.9. The molecule has 0 aliphatic carbocycles. The van der Waals surface area contributed by atoms with E-state index in [0.717, 1.165) is 20.1 Å². The maximum Gasteiger partial charge on any atom is 0.0406 e. The van der Waals surface area contributed by atoms with Gasteiger partial charge in [0.25, 0.3) is 0 Å². The first-order valence-electron chi connectivity index (χ1n) is 4.69. The summed E-state index contributed by atoms with van der Waals surface area (Å²) in [7, 11) is 0. The zero-order valence-electron chi connectivity index (χ0n) is 8.37. The molecule has 2 nitrogen and oxygen atoms in total. The van der Waals surface area contributed by atoms with Gasteiger partial charge in [0, 0.05) is 31.4 Å². The standard InChI is InChI=1S/C12H10Br2N2/c13-7-3-1-5-9(15)11(7)12-8(14)4-2-6-10(12)16/h1-6H,15-16H2. The predicted molar refractivity (Wildman–Crippen MR) is 76.1 cm³/mol. The van der Waals surface area contributed by atoms with Gasteiger partial charge in [0.05, 0.1) is 0 Å². The van der Waals surface area contributed by atoms with Crippen LogP contribution in [0.25, 0.3) is 11.1 Å². The van der Waals surface area contributed by atoms with Crippen LogP contribution in [0.1, 0.15) is 0 Å². The lowest BCUT2D eigenvalue weighted by molar-refractivity contribution is 1.55. The Labute approximate surface area is 111 Å². The summed E-state index contributed by atoms with van der Waals surface area (Å²) >= 11 is 6.99. The predicted octanol–water partition coefficient (Wildman–Crippen LogP) is 4.04. The van der Waals surface area contributed by atoms with Crippen molar-refractivity contribution in [3.8, 4) is 11.1 Å². The van der Waals surface area contributed by atoms with Gasteiger partial charge in [-0.1, -0.05) is 44.0 Å². The van der Waals surface area contributed by atoms with Crippen LogP contribution in [-0.4, -0.2) is 0 Å². The van der Waals surface area contributed by atoms with E-state index in [-0.39, 0.29) is 0 Å². The number of nitrogen functional groups attached to an aromatic ring is 2. The molecule has 0 unspecified atom stereocenters. The molecule has 0 spiro atoms. The third-order valence-corrected chi connectivity index (χ3v) is 3.66. The van der Waals surface area contributed by atoms with Gasteiger partial charge in [-0.05, 0) is 24.3 Å². The molecule has 0 bridgehead atoms. The van der Waals surface area contributed by atoms with E-state index in [1.807, 2.05) is 36.4 Å². The van der Waals surface area contributed by atoms with Crippen molar-refractivity contribution in [1.82, 2.24) is 0 Å². The fraction of sp³-hybridized carbons (Fsp3) is 0. The lowest BCUT2D eigenvalue weighted by Crippen LogP contribution is -1.96. The minimum Gasteiger partial charge on any atom is -0.398 e. The number of hydrogen-bond acceptors (Lipinski definition) is 2. The van der Waals surface area contributed by atoms with Crippen molar-refractivity contribution in [1.29, 1.82) is 0 Å². The van der Waals surface area contributed by atoms with Crippen molar-refractivity contribution in [2.75, 3.05) is 11.5 Å². The Morgan fingerprint density at radius 1 is 0.688 bits per heavy atom. The summed E-state index contributed by atoms with van der Waals surface area (Å²) in [6.07, 6.45) is 0. The van der Waals surface area contributed by atoms with Crippen LogP contribution in [0.5, 0.6) is 0 Å². The topological polar surface area (TPSA) is 52.0 Å². The second-order valence-electron chi connectivity index (χ2n) is 3.41. The molecule has 0 amide bonds. The van der Waals surface area contributed by atoms with Gasteiger partial charge in [-0.3, -0.25) is 0 Å². The van der Waals surface area contributed by atoms with Gasteiger partial charge in [-0.2, -0.15) is 0 Å². The lowest BCUT2D eigenvalue weighted by Gasteiger charge is -2.12. The van der Waals surface area contributed by atoms with E-state index in [4.69, 9.17) is 11.5 Å². The SMILES string of the molecule is Nc1cccc(Br)c1-c1c(N)cccc1Br. The lowest BCUT2D eigenvalue weighted by atomic mass is 10.0. The summed E-state index contributed by atoms with van der Waals surface area (Å²) in [5.41, 5.74) is 15.2. The smallest absolute Gasteiger partial charge is 0.0406 e. The normalized spacial score (nSPS) is 10.4. The number of halogens is 2. The first-order valence-corrected chi connectivity index (χ1v) is 6.28. The van der Waals surface area contributed by atoms with E-state index in [1.54, 1.807) is 0 Å². The van der Waals surface area contributed by atoms with E-state index < -0.39 is 0 Å². The monoisotopic (exact) mass is 340 g/mol. The minimum atomic E-state index is 0.702. The van der Waals surface area contributed by atoms with Crippen LogP contribution in [-0.2, 0) is 0 Å². The molecular formula is C12H10Br2N2. The average molecular weight is 342 g/mol. The summed E-state index contributed by atoms with van der Waals surface area (Å²) in [5.74, 6) is 0. The zero-order valence-corrected chi connectivity index (χ0v) is 11.5. The van der Waals surface area contributed by atoms with Crippen LogP contribution in [0.2, 0.25) is 0 Å². The van der Waals surface area contributed by atoms with Gasteiger partial charge in [-0.25, -0.2) is 0 Å². The molecule has 82 valence electrons. The van der Waals surface area contributed by atoms with Crippen LogP contribution in [0, 0.1) is 0 Å². The Morgan fingerprint density at radius 2 is 1.06 bits per heavy atom. The minimum absolute atomic E-state index is 0.702. The van der Waals surface area contributed by atoms with E-state index in [9.17, 15) is 0 Å². The average Bonchev–Trinajstić information content (AvgIpc) is 2.21. The van der Waals surface area contributed by atoms with Crippen molar-refractivity contribution >= 4 is 43.2 Å². The summed E-state index contributed by atoms with van der Waals surface area (Å²) in [6, 6.07) is 11.4. The summed E-state index contributed by atoms with van der Waals surface area (Å²) in [5, 5.41) is 0. The summed E-state index contributed by atoms with van der Waals surface area (Å²) in [6.45, 7) is 0. The molecule has 4 heteroatoms. The number of nitrogens with two attached hydrogens (primary N) is 2. The first-order chi connectivity index (χ1) is 7.61. The Hall–Kier alpha value is -1.00. The Bertz CT molecular complexity index is 449. The molecule has 2 aromatic carbocycles. The maximum atomic E-state index is 5.98. The van der Waals surface area contributed by atoms with Gasteiger partial charge in [0.2, 0.25) is 0 Å². The second-order valence-corrected chi connectivity index (χ2v) is 5.12.